The van der Waals surface area contributed by atoms with Gasteiger partial charge in [-0.25, -0.2) is 0 Å². The van der Waals surface area contributed by atoms with Crippen LogP contribution in [-0.2, 0) is 12.8 Å². The van der Waals surface area contributed by atoms with Crippen molar-refractivity contribution in [2.24, 2.45) is 5.92 Å². The lowest BCUT2D eigenvalue weighted by molar-refractivity contribution is -0.0194. The highest BCUT2D eigenvalue weighted by atomic mass is 16.6. The summed E-state index contributed by atoms with van der Waals surface area (Å²) >= 11 is 0. The van der Waals surface area contributed by atoms with Crippen LogP contribution in [0.1, 0.15) is 69.4 Å². The van der Waals surface area contributed by atoms with Crippen molar-refractivity contribution in [3.8, 4) is 16.9 Å². The van der Waals surface area contributed by atoms with Crippen molar-refractivity contribution in [2.75, 3.05) is 0 Å². The van der Waals surface area contributed by atoms with Gasteiger partial charge in [-0.3, -0.25) is 0 Å². The first-order valence-corrected chi connectivity index (χ1v) is 11.7. The largest absolute Gasteiger partial charge is 0.461 e. The lowest BCUT2D eigenvalue weighted by Gasteiger charge is -2.15. The van der Waals surface area contributed by atoms with E-state index in [-0.39, 0.29) is 0 Å². The molecular formula is C29H36O2. The summed E-state index contributed by atoms with van der Waals surface area (Å²) in [6, 6.07) is 24.8. The topological polar surface area (TPSA) is 29.5 Å². The quantitative estimate of drug-likeness (QED) is 0.256. The molecule has 1 N–H and O–H groups in total. The molecule has 0 aliphatic rings. The fourth-order valence-corrected chi connectivity index (χ4v) is 3.73. The first-order valence-electron chi connectivity index (χ1n) is 11.7. The van der Waals surface area contributed by atoms with Gasteiger partial charge in [0.05, 0.1) is 0 Å². The molecular weight excluding hydrogens is 380 g/mol. The van der Waals surface area contributed by atoms with E-state index in [1.165, 1.54) is 42.4 Å². The van der Waals surface area contributed by atoms with E-state index in [1.54, 1.807) is 0 Å². The number of hydrogen-bond acceptors (Lipinski definition) is 2. The predicted molar refractivity (Wildman–Crippen MR) is 130 cm³/mol. The highest BCUT2D eigenvalue weighted by Crippen LogP contribution is 2.25. The molecule has 3 aromatic rings. The Morgan fingerprint density at radius 2 is 1.32 bits per heavy atom. The SMILES string of the molecule is CCCCCc1ccc(-c2ccc(C(O)Oc3ccc(CC(C)CC)cc3)cc2)cc1. The fourth-order valence-electron chi connectivity index (χ4n) is 3.73. The molecule has 0 aliphatic heterocycles. The van der Waals surface area contributed by atoms with Gasteiger partial charge in [-0.05, 0) is 59.6 Å². The van der Waals surface area contributed by atoms with Crippen LogP contribution < -0.4 is 4.74 Å². The molecule has 2 atom stereocenters. The summed E-state index contributed by atoms with van der Waals surface area (Å²) < 4.78 is 5.75. The normalized spacial score (nSPS) is 13.0. The average Bonchev–Trinajstić information content (AvgIpc) is 2.81. The monoisotopic (exact) mass is 416 g/mol. The van der Waals surface area contributed by atoms with Crippen LogP contribution in [0.4, 0.5) is 0 Å². The first-order chi connectivity index (χ1) is 15.1. The summed E-state index contributed by atoms with van der Waals surface area (Å²) in [7, 11) is 0. The molecule has 0 aromatic heterocycles. The van der Waals surface area contributed by atoms with Gasteiger partial charge >= 0.3 is 0 Å². The predicted octanol–water partition coefficient (Wildman–Crippen LogP) is 7.74. The van der Waals surface area contributed by atoms with Crippen LogP contribution in [0.15, 0.2) is 72.8 Å². The Morgan fingerprint density at radius 3 is 1.90 bits per heavy atom. The van der Waals surface area contributed by atoms with Crippen molar-refractivity contribution in [1.82, 2.24) is 0 Å². The van der Waals surface area contributed by atoms with Crippen LogP contribution in [0.3, 0.4) is 0 Å². The van der Waals surface area contributed by atoms with E-state index in [9.17, 15) is 5.11 Å². The molecule has 0 bridgehead atoms. The second kappa shape index (κ2) is 11.7. The van der Waals surface area contributed by atoms with Gasteiger partial charge < -0.3 is 9.84 Å². The third-order valence-electron chi connectivity index (χ3n) is 6.00. The zero-order valence-corrected chi connectivity index (χ0v) is 19.2. The second-order valence-corrected chi connectivity index (χ2v) is 8.61. The minimum absolute atomic E-state index is 0.674. The van der Waals surface area contributed by atoms with Crippen molar-refractivity contribution in [3.05, 3.63) is 89.5 Å². The zero-order chi connectivity index (χ0) is 22.1. The number of rotatable bonds is 11. The van der Waals surface area contributed by atoms with Crippen molar-refractivity contribution in [1.29, 1.82) is 0 Å². The minimum atomic E-state index is -0.976. The summed E-state index contributed by atoms with van der Waals surface area (Å²) in [5.74, 6) is 1.36. The number of unbranched alkanes of at least 4 members (excludes halogenated alkanes) is 2. The lowest BCUT2D eigenvalue weighted by atomic mass is 9.99. The van der Waals surface area contributed by atoms with Gasteiger partial charge in [0.25, 0.3) is 0 Å². The molecule has 0 fully saturated rings. The molecule has 3 rings (SSSR count). The minimum Gasteiger partial charge on any atom is -0.461 e. The van der Waals surface area contributed by atoms with E-state index >= 15 is 0 Å². The van der Waals surface area contributed by atoms with Gasteiger partial charge in [0.15, 0.2) is 0 Å². The summed E-state index contributed by atoms with van der Waals surface area (Å²) in [4.78, 5) is 0. The summed E-state index contributed by atoms with van der Waals surface area (Å²) in [6.07, 6.45) is 6.21. The molecule has 0 spiro atoms. The summed E-state index contributed by atoms with van der Waals surface area (Å²) in [6.45, 7) is 6.71. The first kappa shape index (κ1) is 23.1. The highest BCUT2D eigenvalue weighted by molar-refractivity contribution is 5.64. The molecule has 2 unspecified atom stereocenters. The lowest BCUT2D eigenvalue weighted by Crippen LogP contribution is -2.06. The number of aliphatic hydroxyl groups is 1. The van der Waals surface area contributed by atoms with E-state index < -0.39 is 6.29 Å². The van der Waals surface area contributed by atoms with E-state index in [1.807, 2.05) is 36.4 Å². The van der Waals surface area contributed by atoms with Gasteiger partial charge in [-0.2, -0.15) is 0 Å². The van der Waals surface area contributed by atoms with E-state index in [2.05, 4.69) is 57.2 Å². The van der Waals surface area contributed by atoms with Crippen LogP contribution >= 0.6 is 0 Å². The number of aliphatic hydroxyl groups excluding tert-OH is 1. The molecule has 0 heterocycles. The molecule has 2 nitrogen and oxygen atoms in total. The molecule has 0 saturated heterocycles. The van der Waals surface area contributed by atoms with Crippen molar-refractivity contribution >= 4 is 0 Å². The number of aryl methyl sites for hydroxylation is 1. The van der Waals surface area contributed by atoms with Crippen LogP contribution in [0.2, 0.25) is 0 Å². The van der Waals surface area contributed by atoms with Gasteiger partial charge in [0.1, 0.15) is 5.75 Å². The van der Waals surface area contributed by atoms with Gasteiger partial charge in [-0.1, -0.05) is 101 Å². The Hall–Kier alpha value is -2.58. The third-order valence-corrected chi connectivity index (χ3v) is 6.00. The van der Waals surface area contributed by atoms with E-state index in [0.29, 0.717) is 11.7 Å². The molecule has 2 heteroatoms. The van der Waals surface area contributed by atoms with E-state index in [0.717, 1.165) is 24.0 Å². The van der Waals surface area contributed by atoms with Crippen molar-refractivity contribution in [3.63, 3.8) is 0 Å². The van der Waals surface area contributed by atoms with Crippen molar-refractivity contribution < 1.29 is 9.84 Å². The maximum absolute atomic E-state index is 10.5. The molecule has 0 aliphatic carbocycles. The Kier molecular flexibility index (Phi) is 8.73. The Morgan fingerprint density at radius 1 is 0.742 bits per heavy atom. The molecule has 0 saturated carbocycles. The van der Waals surface area contributed by atoms with Crippen LogP contribution in [0.5, 0.6) is 5.75 Å². The maximum Gasteiger partial charge on any atom is 0.224 e. The zero-order valence-electron chi connectivity index (χ0n) is 19.2. The Balaban J connectivity index is 1.58. The molecule has 0 radical (unpaired) electrons. The van der Waals surface area contributed by atoms with Crippen LogP contribution in [0, 0.1) is 5.92 Å². The molecule has 0 amide bonds. The Labute approximate surface area is 187 Å². The summed E-state index contributed by atoms with van der Waals surface area (Å²) in [5, 5.41) is 10.5. The molecule has 164 valence electrons. The van der Waals surface area contributed by atoms with Crippen LogP contribution in [-0.4, -0.2) is 5.11 Å². The van der Waals surface area contributed by atoms with Crippen molar-refractivity contribution in [2.45, 2.75) is 65.6 Å². The van der Waals surface area contributed by atoms with Gasteiger partial charge in [0.2, 0.25) is 6.29 Å². The molecule has 3 aromatic carbocycles. The third kappa shape index (κ3) is 6.97. The fraction of sp³-hybridized carbons (Fsp3) is 0.379. The van der Waals surface area contributed by atoms with Gasteiger partial charge in [0, 0.05) is 5.56 Å². The summed E-state index contributed by atoms with van der Waals surface area (Å²) in [5.41, 5.74) is 5.79. The number of ether oxygens (including phenoxy) is 1. The molecule has 31 heavy (non-hydrogen) atoms. The maximum atomic E-state index is 10.5. The smallest absolute Gasteiger partial charge is 0.224 e. The highest BCUT2D eigenvalue weighted by Gasteiger charge is 2.10. The number of hydrogen-bond donors (Lipinski definition) is 1. The van der Waals surface area contributed by atoms with Gasteiger partial charge in [-0.15, -0.1) is 0 Å². The average molecular weight is 417 g/mol. The standard InChI is InChI=1S/C29H36O2/c1-4-6-7-8-23-9-13-25(14-10-23)26-15-17-27(18-16-26)29(30)31-28-19-11-24(12-20-28)21-22(3)5-2/h9-20,22,29-30H,4-8,21H2,1-3H3. The number of benzene rings is 3. The Bertz CT molecular complexity index is 895. The second-order valence-electron chi connectivity index (χ2n) is 8.61. The van der Waals surface area contributed by atoms with E-state index in [4.69, 9.17) is 4.74 Å². The van der Waals surface area contributed by atoms with Crippen LogP contribution in [0.25, 0.3) is 11.1 Å².